The van der Waals surface area contributed by atoms with Crippen molar-refractivity contribution in [3.8, 4) is 33.9 Å². The number of piperidine rings is 1. The van der Waals surface area contributed by atoms with Gasteiger partial charge in [0.1, 0.15) is 48.5 Å². The fourth-order valence-electron chi connectivity index (χ4n) is 9.98. The molecule has 25 heteroatoms. The minimum Gasteiger partial charge on any atom is -0.349 e. The molecule has 0 saturated carbocycles. The van der Waals surface area contributed by atoms with Gasteiger partial charge in [-0.25, -0.2) is 49.8 Å². The monoisotopic (exact) mass is 1230 g/mol. The van der Waals surface area contributed by atoms with E-state index < -0.39 is 0 Å². The predicted molar refractivity (Wildman–Crippen MR) is 348 cm³/mol. The fraction of sp³-hybridized carbons (Fsp3) is 0.238. The highest BCUT2D eigenvalue weighted by molar-refractivity contribution is 7.22. The van der Waals surface area contributed by atoms with E-state index in [1.54, 1.807) is 67.4 Å². The number of carbonyl (C=O) groups is 2. The summed E-state index contributed by atoms with van der Waals surface area (Å²) in [6.07, 6.45) is 18.7. The van der Waals surface area contributed by atoms with Crippen LogP contribution in [0.5, 0.6) is 0 Å². The van der Waals surface area contributed by atoms with Crippen molar-refractivity contribution in [1.29, 1.82) is 0 Å². The third-order valence-corrected chi connectivity index (χ3v) is 17.4. The number of amides is 2. The van der Waals surface area contributed by atoms with E-state index in [1.165, 1.54) is 39.6 Å². The van der Waals surface area contributed by atoms with Crippen LogP contribution in [0, 0.1) is 0 Å². The van der Waals surface area contributed by atoms with Crippen LogP contribution in [0.15, 0.2) is 153 Å². The Morgan fingerprint density at radius 2 is 1.18 bits per heavy atom. The summed E-state index contributed by atoms with van der Waals surface area (Å²) < 4.78 is 1.94. The lowest BCUT2D eigenvalue weighted by molar-refractivity contribution is -0.132. The molecule has 2 amide bonds. The minimum atomic E-state index is 0.109. The van der Waals surface area contributed by atoms with Gasteiger partial charge in [0.15, 0.2) is 15.4 Å². The molecule has 2 aliphatic heterocycles. The lowest BCUT2D eigenvalue weighted by Crippen LogP contribution is -2.42. The van der Waals surface area contributed by atoms with E-state index in [4.69, 9.17) is 15.0 Å². The Morgan fingerprint density at radius 1 is 0.602 bits per heavy atom. The van der Waals surface area contributed by atoms with Gasteiger partial charge < -0.3 is 35.6 Å². The molecule has 88 heavy (non-hydrogen) atoms. The van der Waals surface area contributed by atoms with E-state index in [0.717, 1.165) is 149 Å². The maximum atomic E-state index is 12.1. The molecule has 1 atom stereocenters. The molecular formula is C63H62N20O2S3. The Kier molecular flexibility index (Phi) is 18.3. The number of imidazole rings is 1. The van der Waals surface area contributed by atoms with Crippen molar-refractivity contribution < 1.29 is 9.59 Å². The van der Waals surface area contributed by atoms with E-state index in [1.807, 2.05) is 116 Å². The number of fused-ring (bicyclic) bond motifs is 3. The van der Waals surface area contributed by atoms with E-state index in [0.29, 0.717) is 25.1 Å². The van der Waals surface area contributed by atoms with Crippen molar-refractivity contribution in [3.05, 3.63) is 170 Å². The number of nitrogens with zero attached hydrogens (tertiary/aromatic N) is 16. The molecule has 0 aliphatic carbocycles. The number of hydrogen-bond donors (Lipinski definition) is 4. The van der Waals surface area contributed by atoms with E-state index in [-0.39, 0.29) is 17.7 Å². The number of aryl methyl sites for hydroxylation is 2. The Hall–Kier alpha value is -9.66. The standard InChI is InChI=1S/C22H20N6OS.C21H21N7S.C20H21N7OS/c1-28-11-7-16(13-20(28)29)15-6-10-24-19(12-15)27-22-26-18-3-2-17(25-21(18)30-22)14-4-8-23-9-5-14;1-2-16(13-23-6-1)17-3-4-18-20(25-17)29-21(26-18)27-19-12-15(5-7-24-19)14-28-10-8-22-9-11-28;1-26(2)18(28)7-4-13-8-9-22-17(10-13)25-20-24-15-6-5-14(23-19(15)29-20)16-11-21-12-27(16)3/h2-6,8-10,12,16H,7,11,13H2,1H3,(H,24,26,27);1-7,12-13,22H,8-11,14H2,(H,24,26,27);5-6,8-12H,4,7H2,1-3H3,(H,22,24,25). The highest BCUT2D eigenvalue weighted by Gasteiger charge is 2.25. The summed E-state index contributed by atoms with van der Waals surface area (Å²) in [4.78, 5) is 86.1. The van der Waals surface area contributed by atoms with Crippen LogP contribution >= 0.6 is 34.0 Å². The number of aromatic nitrogens is 13. The number of rotatable bonds is 15. The van der Waals surface area contributed by atoms with E-state index >= 15 is 0 Å². The smallest absolute Gasteiger partial charge is 0.222 e. The Bertz CT molecular complexity index is 4360. The van der Waals surface area contributed by atoms with Crippen molar-refractivity contribution >= 4 is 110 Å². The third kappa shape index (κ3) is 14.8. The second-order valence-corrected chi connectivity index (χ2v) is 24.2. The fourth-order valence-corrected chi connectivity index (χ4v) is 12.5. The van der Waals surface area contributed by atoms with Crippen LogP contribution in [0.3, 0.4) is 0 Å². The zero-order valence-corrected chi connectivity index (χ0v) is 51.2. The molecule has 22 nitrogen and oxygen atoms in total. The predicted octanol–water partition coefficient (Wildman–Crippen LogP) is 10.8. The minimum absolute atomic E-state index is 0.109. The van der Waals surface area contributed by atoms with E-state index in [2.05, 4.69) is 83.2 Å². The van der Waals surface area contributed by atoms with Crippen LogP contribution in [0.1, 0.15) is 41.9 Å². The third-order valence-electron chi connectivity index (χ3n) is 14.8. The number of thiazole rings is 3. The van der Waals surface area contributed by atoms with Crippen LogP contribution < -0.4 is 21.3 Å². The van der Waals surface area contributed by atoms with Crippen LogP contribution in [0.25, 0.3) is 64.9 Å². The van der Waals surface area contributed by atoms with Crippen LogP contribution in [0.2, 0.25) is 0 Å². The number of carbonyl (C=O) groups excluding carboxylic acids is 2. The zero-order chi connectivity index (χ0) is 60.3. The maximum absolute atomic E-state index is 12.1. The molecule has 0 spiro atoms. The van der Waals surface area contributed by atoms with Gasteiger partial charge in [-0.05, 0) is 133 Å². The average Bonchev–Trinajstić information content (AvgIpc) is 3.52. The molecule has 0 aromatic carbocycles. The topological polar surface area (TPSA) is 252 Å². The van der Waals surface area contributed by atoms with Crippen molar-refractivity contribution in [3.63, 3.8) is 0 Å². The summed E-state index contributed by atoms with van der Waals surface area (Å²) in [7, 11) is 7.34. The van der Waals surface area contributed by atoms with Crippen LogP contribution in [-0.4, -0.2) is 145 Å². The van der Waals surface area contributed by atoms with Crippen LogP contribution in [0.4, 0.5) is 32.8 Å². The number of pyridine rings is 8. The molecule has 2 fully saturated rings. The second-order valence-electron chi connectivity index (χ2n) is 21.3. The molecule has 2 saturated heterocycles. The molecule has 1 unspecified atom stereocenters. The lowest BCUT2D eigenvalue weighted by Gasteiger charge is -2.29. The number of nitrogens with one attached hydrogen (secondary N) is 4. The molecule has 0 radical (unpaired) electrons. The maximum Gasteiger partial charge on any atom is 0.222 e. The molecule has 14 heterocycles. The lowest BCUT2D eigenvalue weighted by atomic mass is 9.90. The van der Waals surface area contributed by atoms with Crippen LogP contribution in [-0.2, 0) is 29.6 Å². The first-order valence-electron chi connectivity index (χ1n) is 28.6. The SMILES string of the molecule is CN(C)C(=O)CCc1ccnc(Nc2nc3ccc(-c4cncn4C)nc3s2)c1.CN1CCC(c2ccnc(Nc3nc4ccc(-c5ccncc5)nc4s3)c2)CC1=O.c1cncc(-c2ccc3nc(Nc4cc(CN5CCNCC5)ccn4)sc3n2)c1. The Balaban J connectivity index is 0.000000129. The highest BCUT2D eigenvalue weighted by atomic mass is 32.1. The van der Waals surface area contributed by atoms with Gasteiger partial charge in [-0.15, -0.1) is 0 Å². The molecule has 12 aromatic heterocycles. The van der Waals surface area contributed by atoms with Crippen molar-refractivity contribution in [2.45, 2.75) is 38.1 Å². The Labute approximate surface area is 519 Å². The summed E-state index contributed by atoms with van der Waals surface area (Å²) in [6, 6.07) is 31.7. The molecule has 4 N–H and O–H groups in total. The number of hydrogen-bond acceptors (Lipinski definition) is 22. The van der Waals surface area contributed by atoms with Gasteiger partial charge >= 0.3 is 0 Å². The largest absolute Gasteiger partial charge is 0.349 e. The summed E-state index contributed by atoms with van der Waals surface area (Å²) >= 11 is 4.50. The molecule has 2 aliphatic rings. The molecule has 12 aromatic rings. The number of piperazine rings is 1. The van der Waals surface area contributed by atoms with Crippen molar-refractivity contribution in [2.75, 3.05) is 69.8 Å². The summed E-state index contributed by atoms with van der Waals surface area (Å²) in [5, 5.41) is 15.6. The number of anilines is 6. The van der Waals surface area contributed by atoms with E-state index in [9.17, 15) is 9.59 Å². The summed E-state index contributed by atoms with van der Waals surface area (Å²) in [6.45, 7) is 5.99. The van der Waals surface area contributed by atoms with Gasteiger partial charge in [0.2, 0.25) is 11.8 Å². The molecule has 14 rings (SSSR count). The van der Waals surface area contributed by atoms with Gasteiger partial charge in [0.25, 0.3) is 0 Å². The second kappa shape index (κ2) is 27.4. The van der Waals surface area contributed by atoms with Gasteiger partial charge in [0, 0.05) is 135 Å². The summed E-state index contributed by atoms with van der Waals surface area (Å²) in [5.41, 5.74) is 11.6. The van der Waals surface area contributed by atoms with Crippen molar-refractivity contribution in [2.24, 2.45) is 7.05 Å². The first-order valence-corrected chi connectivity index (χ1v) is 31.1. The van der Waals surface area contributed by atoms with Gasteiger partial charge in [-0.2, -0.15) is 0 Å². The zero-order valence-electron chi connectivity index (χ0n) is 48.8. The first-order chi connectivity index (χ1) is 43.0. The van der Waals surface area contributed by atoms with Gasteiger partial charge in [0.05, 0.1) is 35.3 Å². The Morgan fingerprint density at radius 3 is 1.77 bits per heavy atom. The summed E-state index contributed by atoms with van der Waals surface area (Å²) in [5.74, 6) is 2.77. The number of likely N-dealkylation sites (tertiary alicyclic amines) is 1. The first kappa shape index (κ1) is 58.7. The van der Waals surface area contributed by atoms with Gasteiger partial charge in [-0.3, -0.25) is 24.5 Å². The normalized spacial score (nSPS) is 14.2. The van der Waals surface area contributed by atoms with Gasteiger partial charge in [-0.1, -0.05) is 34.0 Å². The molecule has 444 valence electrons. The average molecular weight is 1230 g/mol. The quantitative estimate of drug-likeness (QED) is 0.0744. The molecular weight excluding hydrogens is 1170 g/mol. The highest BCUT2D eigenvalue weighted by Crippen LogP contribution is 2.34. The van der Waals surface area contributed by atoms with Crippen molar-refractivity contribution in [1.82, 2.24) is 84.4 Å². The molecule has 0 bridgehead atoms.